The van der Waals surface area contributed by atoms with Crippen molar-refractivity contribution < 1.29 is 26.4 Å². The van der Waals surface area contributed by atoms with Gasteiger partial charge in [0.15, 0.2) is 10.9 Å². The minimum atomic E-state index is -3.81. The molecule has 5 aromatic rings. The van der Waals surface area contributed by atoms with E-state index in [1.54, 1.807) is 12.1 Å². The summed E-state index contributed by atoms with van der Waals surface area (Å²) in [5.74, 6) is -1.64. The summed E-state index contributed by atoms with van der Waals surface area (Å²) in [5.41, 5.74) is 0.977. The fourth-order valence-electron chi connectivity index (χ4n) is 3.88. The summed E-state index contributed by atoms with van der Waals surface area (Å²) in [4.78, 5) is 19.1. The van der Waals surface area contributed by atoms with Crippen LogP contribution in [0.15, 0.2) is 94.4 Å². The molecule has 0 aliphatic heterocycles. The highest BCUT2D eigenvalue weighted by atomic mass is 32.2. The molecule has 0 atom stereocenters. The number of thiazole rings is 1. The smallest absolute Gasteiger partial charge is 0.260 e. The summed E-state index contributed by atoms with van der Waals surface area (Å²) in [7, 11) is -2.33. The number of aromatic nitrogens is 1. The maximum atomic E-state index is 14.3. The molecule has 3 aromatic carbocycles. The number of anilines is 1. The van der Waals surface area contributed by atoms with Crippen LogP contribution in [-0.4, -0.2) is 30.7 Å². The number of sulfonamides is 1. The van der Waals surface area contributed by atoms with Crippen LogP contribution in [0.25, 0.3) is 10.2 Å². The standard InChI is InChI=1S/C27H21F2N3O4S2/c1-31(16-18-6-3-2-4-7-18)38(34,35)22-11-9-19(10-12-22)26(33)32(17-21-8-5-13-36-21)27-30-25-23(29)14-20(28)15-24(25)37-27/h2-15H,16-17H2,1H3. The van der Waals surface area contributed by atoms with Gasteiger partial charge in [-0.05, 0) is 48.0 Å². The maximum Gasteiger partial charge on any atom is 0.260 e. The molecule has 38 heavy (non-hydrogen) atoms. The van der Waals surface area contributed by atoms with E-state index in [1.807, 2.05) is 30.3 Å². The van der Waals surface area contributed by atoms with Gasteiger partial charge in [0.05, 0.1) is 22.4 Å². The van der Waals surface area contributed by atoms with E-state index < -0.39 is 27.6 Å². The van der Waals surface area contributed by atoms with Crippen LogP contribution in [0.4, 0.5) is 13.9 Å². The molecule has 0 aliphatic carbocycles. The number of nitrogens with zero attached hydrogens (tertiary/aromatic N) is 3. The van der Waals surface area contributed by atoms with Gasteiger partial charge in [-0.1, -0.05) is 41.7 Å². The lowest BCUT2D eigenvalue weighted by molar-refractivity contribution is 0.0983. The van der Waals surface area contributed by atoms with Crippen molar-refractivity contribution in [3.8, 4) is 0 Å². The van der Waals surface area contributed by atoms with E-state index in [9.17, 15) is 22.0 Å². The molecule has 0 unspecified atom stereocenters. The Hall–Kier alpha value is -3.93. The van der Waals surface area contributed by atoms with Gasteiger partial charge in [0.2, 0.25) is 10.0 Å². The van der Waals surface area contributed by atoms with E-state index in [2.05, 4.69) is 4.98 Å². The van der Waals surface area contributed by atoms with E-state index in [0.717, 1.165) is 29.0 Å². The first kappa shape index (κ1) is 25.7. The number of hydrogen-bond donors (Lipinski definition) is 0. The number of amides is 1. The number of carbonyl (C=O) groups excluding carboxylic acids is 1. The first-order valence-corrected chi connectivity index (χ1v) is 13.7. The Kier molecular flexibility index (Phi) is 7.06. The molecular weight excluding hydrogens is 532 g/mol. The van der Waals surface area contributed by atoms with Crippen molar-refractivity contribution in [1.82, 2.24) is 9.29 Å². The Labute approximate surface area is 221 Å². The highest BCUT2D eigenvalue weighted by molar-refractivity contribution is 7.89. The van der Waals surface area contributed by atoms with Gasteiger partial charge in [0.25, 0.3) is 5.91 Å². The molecule has 0 bridgehead atoms. The fraction of sp³-hybridized carbons (Fsp3) is 0.111. The number of furan rings is 1. The third-order valence-corrected chi connectivity index (χ3v) is 8.67. The second kappa shape index (κ2) is 10.4. The first-order chi connectivity index (χ1) is 18.2. The quantitative estimate of drug-likeness (QED) is 0.241. The molecule has 0 radical (unpaired) electrons. The largest absolute Gasteiger partial charge is 0.467 e. The summed E-state index contributed by atoms with van der Waals surface area (Å²) >= 11 is 0.961. The zero-order chi connectivity index (χ0) is 26.9. The van der Waals surface area contributed by atoms with E-state index in [-0.39, 0.29) is 38.9 Å². The molecule has 0 saturated carbocycles. The van der Waals surface area contributed by atoms with Gasteiger partial charge < -0.3 is 4.42 Å². The minimum Gasteiger partial charge on any atom is -0.467 e. The molecule has 2 heterocycles. The molecule has 1 amide bonds. The summed E-state index contributed by atoms with van der Waals surface area (Å²) in [6.45, 7) is 0.172. The van der Waals surface area contributed by atoms with E-state index in [0.29, 0.717) is 5.76 Å². The van der Waals surface area contributed by atoms with Crippen molar-refractivity contribution in [3.63, 3.8) is 0 Å². The molecule has 0 spiro atoms. The van der Waals surface area contributed by atoms with Gasteiger partial charge in [0, 0.05) is 25.2 Å². The second-order valence-corrected chi connectivity index (χ2v) is 11.5. The summed E-state index contributed by atoms with van der Waals surface area (Å²) < 4.78 is 61.1. The molecule has 194 valence electrons. The van der Waals surface area contributed by atoms with Crippen molar-refractivity contribution in [2.24, 2.45) is 0 Å². The van der Waals surface area contributed by atoms with Gasteiger partial charge in [-0.25, -0.2) is 22.2 Å². The average Bonchev–Trinajstić information content (AvgIpc) is 3.57. The SMILES string of the molecule is CN(Cc1ccccc1)S(=O)(=O)c1ccc(C(=O)N(Cc2ccco2)c2nc3c(F)cc(F)cc3s2)cc1. The molecule has 7 nitrogen and oxygen atoms in total. The molecular formula is C27H21F2N3O4S2. The zero-order valence-corrected chi connectivity index (χ0v) is 21.7. The Morgan fingerprint density at radius 3 is 2.39 bits per heavy atom. The zero-order valence-electron chi connectivity index (χ0n) is 20.0. The highest BCUT2D eigenvalue weighted by Gasteiger charge is 2.26. The van der Waals surface area contributed by atoms with Crippen LogP contribution >= 0.6 is 11.3 Å². The normalized spacial score (nSPS) is 11.8. The number of hydrogen-bond acceptors (Lipinski definition) is 6. The third kappa shape index (κ3) is 5.21. The molecule has 0 N–H and O–H groups in total. The van der Waals surface area contributed by atoms with Crippen molar-refractivity contribution in [2.75, 3.05) is 11.9 Å². The van der Waals surface area contributed by atoms with Crippen molar-refractivity contribution in [3.05, 3.63) is 114 Å². The highest BCUT2D eigenvalue weighted by Crippen LogP contribution is 2.33. The van der Waals surface area contributed by atoms with Gasteiger partial charge >= 0.3 is 0 Å². The van der Waals surface area contributed by atoms with Crippen molar-refractivity contribution in [2.45, 2.75) is 18.0 Å². The minimum absolute atomic E-state index is 0.0182. The fourth-order valence-corrected chi connectivity index (χ4v) is 6.04. The number of halogens is 2. The Morgan fingerprint density at radius 2 is 1.71 bits per heavy atom. The number of benzene rings is 3. The van der Waals surface area contributed by atoms with Gasteiger partial charge in [-0.2, -0.15) is 4.31 Å². The number of fused-ring (bicyclic) bond motifs is 1. The van der Waals surface area contributed by atoms with Gasteiger partial charge in [-0.3, -0.25) is 9.69 Å². The lowest BCUT2D eigenvalue weighted by Crippen LogP contribution is -2.30. The molecule has 2 aromatic heterocycles. The third-order valence-electron chi connectivity index (χ3n) is 5.83. The molecule has 0 fully saturated rings. The number of carbonyl (C=O) groups is 1. The first-order valence-electron chi connectivity index (χ1n) is 11.4. The van der Waals surface area contributed by atoms with Crippen molar-refractivity contribution in [1.29, 1.82) is 0 Å². The van der Waals surface area contributed by atoms with Crippen molar-refractivity contribution >= 4 is 42.6 Å². The molecule has 11 heteroatoms. The second-order valence-electron chi connectivity index (χ2n) is 8.47. The van der Waals surface area contributed by atoms with Gasteiger partial charge in [0.1, 0.15) is 17.1 Å². The van der Waals surface area contributed by atoms with E-state index >= 15 is 0 Å². The predicted octanol–water partition coefficient (Wildman–Crippen LogP) is 5.84. The van der Waals surface area contributed by atoms with Crippen LogP contribution in [0.2, 0.25) is 0 Å². The molecule has 0 aliphatic rings. The maximum absolute atomic E-state index is 14.3. The van der Waals surface area contributed by atoms with Crippen LogP contribution in [0.3, 0.4) is 0 Å². The Bertz CT molecular complexity index is 1690. The van der Waals surface area contributed by atoms with Gasteiger partial charge in [-0.15, -0.1) is 0 Å². The topological polar surface area (TPSA) is 83.7 Å². The molecule has 5 rings (SSSR count). The summed E-state index contributed by atoms with van der Waals surface area (Å²) in [5, 5.41) is 0.144. The predicted molar refractivity (Wildman–Crippen MR) is 140 cm³/mol. The number of rotatable bonds is 8. The summed E-state index contributed by atoms with van der Waals surface area (Å²) in [6, 6.07) is 20.0. The van der Waals surface area contributed by atoms with Crippen LogP contribution in [0.1, 0.15) is 21.7 Å². The van der Waals surface area contributed by atoms with E-state index in [1.165, 1.54) is 46.8 Å². The van der Waals surface area contributed by atoms with Crippen LogP contribution in [0.5, 0.6) is 0 Å². The van der Waals surface area contributed by atoms with E-state index in [4.69, 9.17) is 4.42 Å². The molecule has 0 saturated heterocycles. The monoisotopic (exact) mass is 553 g/mol. The van der Waals surface area contributed by atoms with Crippen LogP contribution in [-0.2, 0) is 23.1 Å². The van der Waals surface area contributed by atoms with Crippen LogP contribution < -0.4 is 4.90 Å². The average molecular weight is 554 g/mol. The lowest BCUT2D eigenvalue weighted by Gasteiger charge is -2.20. The Morgan fingerprint density at radius 1 is 0.974 bits per heavy atom. The Balaban J connectivity index is 1.44. The lowest BCUT2D eigenvalue weighted by atomic mass is 10.2. The summed E-state index contributed by atoms with van der Waals surface area (Å²) in [6.07, 6.45) is 1.46. The van der Waals surface area contributed by atoms with Crippen LogP contribution in [0, 0.1) is 11.6 Å².